The number of ether oxygens (including phenoxy) is 2. The molecular weight excluding hydrogens is 346 g/mol. The summed E-state index contributed by atoms with van der Waals surface area (Å²) in [7, 11) is 0. The predicted octanol–water partition coefficient (Wildman–Crippen LogP) is 3.32. The Morgan fingerprint density at radius 2 is 1.56 bits per heavy atom. The highest BCUT2D eigenvalue weighted by Crippen LogP contribution is 2.24. The van der Waals surface area contributed by atoms with Crippen LogP contribution in [0.2, 0.25) is 0 Å². The number of amides is 1. The maximum atomic E-state index is 12.3. The molecule has 0 aliphatic rings. The van der Waals surface area contributed by atoms with E-state index in [0.29, 0.717) is 17.9 Å². The van der Waals surface area contributed by atoms with Crippen molar-refractivity contribution in [3.05, 3.63) is 65.7 Å². The zero-order valence-corrected chi connectivity index (χ0v) is 15.7. The van der Waals surface area contributed by atoms with Gasteiger partial charge in [-0.1, -0.05) is 30.3 Å². The van der Waals surface area contributed by atoms with E-state index in [1.165, 1.54) is 0 Å². The lowest BCUT2D eigenvalue weighted by Gasteiger charge is -2.22. The molecule has 0 bridgehead atoms. The molecule has 6 nitrogen and oxygen atoms in total. The van der Waals surface area contributed by atoms with Crippen LogP contribution in [0.5, 0.6) is 0 Å². The molecular formula is C21H23NO5. The second kappa shape index (κ2) is 8.98. The third kappa shape index (κ3) is 5.41. The molecule has 2 aromatic carbocycles. The molecule has 142 valence electrons. The summed E-state index contributed by atoms with van der Waals surface area (Å²) in [6.07, 6.45) is 0. The maximum Gasteiger partial charge on any atom is 0.338 e. The minimum atomic E-state index is -0.858. The van der Waals surface area contributed by atoms with Crippen LogP contribution in [0.25, 0.3) is 0 Å². The van der Waals surface area contributed by atoms with E-state index in [4.69, 9.17) is 9.47 Å². The Balaban J connectivity index is 1.89. The molecule has 6 heteroatoms. The Morgan fingerprint density at radius 3 is 2.15 bits per heavy atom. The van der Waals surface area contributed by atoms with Crippen LogP contribution in [0.1, 0.15) is 36.7 Å². The van der Waals surface area contributed by atoms with Crippen LogP contribution in [-0.4, -0.2) is 31.1 Å². The Labute approximate surface area is 158 Å². The molecule has 0 saturated carbocycles. The second-order valence-corrected chi connectivity index (χ2v) is 6.41. The molecule has 0 heterocycles. The average molecular weight is 369 g/mol. The van der Waals surface area contributed by atoms with Gasteiger partial charge in [-0.3, -0.25) is 9.59 Å². The second-order valence-electron chi connectivity index (χ2n) is 6.41. The van der Waals surface area contributed by atoms with Gasteiger partial charge in [-0.15, -0.1) is 0 Å². The van der Waals surface area contributed by atoms with E-state index in [9.17, 15) is 14.4 Å². The fourth-order valence-electron chi connectivity index (χ4n) is 2.39. The van der Waals surface area contributed by atoms with Crippen LogP contribution in [0.3, 0.4) is 0 Å². The minimum absolute atomic E-state index is 0.294. The van der Waals surface area contributed by atoms with Gasteiger partial charge in [0.2, 0.25) is 0 Å². The molecule has 0 atom stereocenters. The summed E-state index contributed by atoms with van der Waals surface area (Å²) in [6.45, 7) is 5.12. The van der Waals surface area contributed by atoms with Gasteiger partial charge in [-0.25, -0.2) is 4.79 Å². The first kappa shape index (κ1) is 20.2. The summed E-state index contributed by atoms with van der Waals surface area (Å²) in [5, 5.41) is 2.62. The van der Waals surface area contributed by atoms with Crippen molar-refractivity contribution in [2.75, 3.05) is 18.5 Å². The molecule has 0 aromatic heterocycles. The number of anilines is 1. The van der Waals surface area contributed by atoms with Crippen molar-refractivity contribution < 1.29 is 23.9 Å². The van der Waals surface area contributed by atoms with Gasteiger partial charge in [-0.05, 0) is 50.6 Å². The summed E-state index contributed by atoms with van der Waals surface area (Å²) in [6, 6.07) is 15.5. The van der Waals surface area contributed by atoms with Crippen LogP contribution in [-0.2, 0) is 24.5 Å². The van der Waals surface area contributed by atoms with E-state index in [-0.39, 0.29) is 0 Å². The van der Waals surface area contributed by atoms with Crippen LogP contribution in [0, 0.1) is 0 Å². The smallest absolute Gasteiger partial charge is 0.338 e. The zero-order valence-electron chi connectivity index (χ0n) is 15.7. The Morgan fingerprint density at radius 1 is 0.926 bits per heavy atom. The lowest BCUT2D eigenvalue weighted by molar-refractivity contribution is -0.152. The molecule has 2 rings (SSSR count). The first-order valence-corrected chi connectivity index (χ1v) is 8.64. The van der Waals surface area contributed by atoms with Gasteiger partial charge in [0.05, 0.1) is 17.6 Å². The van der Waals surface area contributed by atoms with Gasteiger partial charge in [-0.2, -0.15) is 0 Å². The highest BCUT2D eigenvalue weighted by molar-refractivity contribution is 5.95. The van der Waals surface area contributed by atoms with Gasteiger partial charge in [0.25, 0.3) is 5.91 Å². The van der Waals surface area contributed by atoms with Gasteiger partial charge in [0.1, 0.15) is 0 Å². The molecule has 27 heavy (non-hydrogen) atoms. The molecule has 0 aliphatic carbocycles. The number of benzene rings is 2. The molecule has 0 fully saturated rings. The molecule has 1 amide bonds. The van der Waals surface area contributed by atoms with Crippen LogP contribution < -0.4 is 5.32 Å². The van der Waals surface area contributed by atoms with Crippen molar-refractivity contribution in [2.24, 2.45) is 0 Å². The third-order valence-corrected chi connectivity index (χ3v) is 4.02. The lowest BCUT2D eigenvalue weighted by Crippen LogP contribution is -2.33. The van der Waals surface area contributed by atoms with Crippen molar-refractivity contribution in [1.82, 2.24) is 0 Å². The van der Waals surface area contributed by atoms with Gasteiger partial charge in [0, 0.05) is 5.69 Å². The molecule has 0 saturated heterocycles. The first-order valence-electron chi connectivity index (χ1n) is 8.64. The molecule has 0 spiro atoms. The number of carbonyl (C=O) groups excluding carboxylic acids is 3. The van der Waals surface area contributed by atoms with Crippen molar-refractivity contribution in [3.8, 4) is 0 Å². The highest BCUT2D eigenvalue weighted by Gasteiger charge is 2.31. The lowest BCUT2D eigenvalue weighted by atomic mass is 9.85. The topological polar surface area (TPSA) is 81.7 Å². The summed E-state index contributed by atoms with van der Waals surface area (Å²) in [5.74, 6) is -1.37. The van der Waals surface area contributed by atoms with Crippen LogP contribution in [0.4, 0.5) is 5.69 Å². The molecule has 0 aliphatic heterocycles. The van der Waals surface area contributed by atoms with Crippen molar-refractivity contribution in [3.63, 3.8) is 0 Å². The van der Waals surface area contributed by atoms with Crippen LogP contribution in [0.15, 0.2) is 54.6 Å². The van der Waals surface area contributed by atoms with Gasteiger partial charge < -0.3 is 14.8 Å². The molecule has 1 N–H and O–H groups in total. The van der Waals surface area contributed by atoms with Gasteiger partial charge >= 0.3 is 11.9 Å². The van der Waals surface area contributed by atoms with E-state index in [2.05, 4.69) is 5.32 Å². The fourth-order valence-corrected chi connectivity index (χ4v) is 2.39. The van der Waals surface area contributed by atoms with Crippen molar-refractivity contribution in [2.45, 2.75) is 26.2 Å². The number of esters is 2. The van der Waals surface area contributed by atoms with Crippen LogP contribution >= 0.6 is 0 Å². The Bertz CT molecular complexity index is 797. The molecule has 0 unspecified atom stereocenters. The summed E-state index contributed by atoms with van der Waals surface area (Å²) < 4.78 is 10.1. The first-order chi connectivity index (χ1) is 12.8. The number of hydrogen-bond acceptors (Lipinski definition) is 5. The highest BCUT2D eigenvalue weighted by atomic mass is 16.5. The SMILES string of the molecule is CCOC(=O)c1ccc(NC(=O)COC(=O)C(C)(C)c2ccccc2)cc1. The van der Waals surface area contributed by atoms with E-state index < -0.39 is 29.9 Å². The van der Waals surface area contributed by atoms with Crippen molar-refractivity contribution >= 4 is 23.5 Å². The normalized spacial score (nSPS) is 10.8. The third-order valence-electron chi connectivity index (χ3n) is 4.02. The predicted molar refractivity (Wildman–Crippen MR) is 101 cm³/mol. The summed E-state index contributed by atoms with van der Waals surface area (Å²) in [4.78, 5) is 36.0. The maximum absolute atomic E-state index is 12.3. The van der Waals surface area contributed by atoms with E-state index in [1.54, 1.807) is 45.0 Å². The van der Waals surface area contributed by atoms with Crippen molar-refractivity contribution in [1.29, 1.82) is 0 Å². The number of hydrogen-bond donors (Lipinski definition) is 1. The van der Waals surface area contributed by atoms with E-state index >= 15 is 0 Å². The average Bonchev–Trinajstić information content (AvgIpc) is 2.67. The molecule has 0 radical (unpaired) electrons. The zero-order chi connectivity index (χ0) is 19.9. The minimum Gasteiger partial charge on any atom is -0.462 e. The monoisotopic (exact) mass is 369 g/mol. The van der Waals surface area contributed by atoms with Gasteiger partial charge in [0.15, 0.2) is 6.61 Å². The Kier molecular flexibility index (Phi) is 6.71. The number of rotatable bonds is 7. The standard InChI is InChI=1S/C21H23NO5/c1-4-26-19(24)15-10-12-17(13-11-15)22-18(23)14-27-20(25)21(2,3)16-8-6-5-7-9-16/h5-13H,4,14H2,1-3H3,(H,22,23). The quantitative estimate of drug-likeness (QED) is 0.757. The fraction of sp³-hybridized carbons (Fsp3) is 0.286. The summed E-state index contributed by atoms with van der Waals surface area (Å²) in [5.41, 5.74) is 0.838. The summed E-state index contributed by atoms with van der Waals surface area (Å²) >= 11 is 0. The molecule has 2 aromatic rings. The Hall–Kier alpha value is -3.15. The van der Waals surface area contributed by atoms with E-state index in [1.807, 2.05) is 30.3 Å². The number of carbonyl (C=O) groups is 3. The number of nitrogens with one attached hydrogen (secondary N) is 1. The largest absolute Gasteiger partial charge is 0.462 e. The van der Waals surface area contributed by atoms with E-state index in [0.717, 1.165) is 5.56 Å².